The number of benzene rings is 1. The van der Waals surface area contributed by atoms with Crippen LogP contribution in [0.25, 0.3) is 5.57 Å². The van der Waals surface area contributed by atoms with Crippen LogP contribution in [-0.4, -0.2) is 24.6 Å². The van der Waals surface area contributed by atoms with Crippen molar-refractivity contribution >= 4 is 30.4 Å². The smallest absolute Gasteiger partial charge is 0.342 e. The number of aryl methyl sites for hydroxylation is 3. The summed E-state index contributed by atoms with van der Waals surface area (Å²) in [6.07, 6.45) is -0.134. The molecule has 2 atom stereocenters. The molecule has 1 aliphatic rings. The minimum Gasteiger partial charge on any atom is -0.458 e. The molecule has 0 saturated heterocycles. The van der Waals surface area contributed by atoms with E-state index in [1.807, 2.05) is 39.8 Å². The Balaban J connectivity index is 2.59. The predicted octanol–water partition coefficient (Wildman–Crippen LogP) is 4.73. The van der Waals surface area contributed by atoms with Crippen LogP contribution in [-0.2, 0) is 23.2 Å². The highest BCUT2D eigenvalue weighted by atomic mass is 32.1. The monoisotopic (exact) mass is 406 g/mol. The number of cyclic esters (lactones) is 1. The number of hydrogen-bond donors (Lipinski definition) is 1. The van der Waals surface area contributed by atoms with Crippen molar-refractivity contribution in [3.8, 4) is 0 Å². The van der Waals surface area contributed by atoms with Crippen molar-refractivity contribution in [2.75, 3.05) is 6.61 Å². The van der Waals surface area contributed by atoms with Gasteiger partial charge in [0, 0.05) is 12.3 Å². The first kappa shape index (κ1) is 22.5. The van der Waals surface area contributed by atoms with E-state index in [0.29, 0.717) is 24.4 Å². The van der Waals surface area contributed by atoms with Gasteiger partial charge in [0.2, 0.25) is 0 Å². The molecule has 0 spiro atoms. The molecule has 0 bridgehead atoms. The minimum atomic E-state index is -0.688. The van der Waals surface area contributed by atoms with E-state index in [2.05, 4.69) is 12.9 Å². The van der Waals surface area contributed by atoms with Gasteiger partial charge in [-0.2, -0.15) is 0 Å². The SMILES string of the molecule is Cc1cc(C)c(C2=C(OC(=O)C(C)(C)C)CC(C(C)COS)OC2=O)c(C)c1. The lowest BCUT2D eigenvalue weighted by molar-refractivity contribution is -0.153. The molecule has 6 heteroatoms. The fourth-order valence-corrected chi connectivity index (χ4v) is 3.59. The van der Waals surface area contributed by atoms with Crippen molar-refractivity contribution in [2.45, 2.75) is 61.0 Å². The summed E-state index contributed by atoms with van der Waals surface area (Å²) >= 11 is 3.79. The van der Waals surface area contributed by atoms with Crippen LogP contribution in [0.1, 0.15) is 56.4 Å². The Morgan fingerprint density at radius 3 is 2.32 bits per heavy atom. The predicted molar refractivity (Wildman–Crippen MR) is 112 cm³/mol. The van der Waals surface area contributed by atoms with Crippen LogP contribution < -0.4 is 0 Å². The van der Waals surface area contributed by atoms with Crippen molar-refractivity contribution in [2.24, 2.45) is 11.3 Å². The molecule has 154 valence electrons. The summed E-state index contributed by atoms with van der Waals surface area (Å²) in [4.78, 5) is 25.6. The molecule has 0 aromatic heterocycles. The normalized spacial score (nSPS) is 18.7. The molecule has 2 rings (SSSR count). The number of hydrogen-bond acceptors (Lipinski definition) is 6. The standard InChI is InChI=1S/C22H30O5S/c1-12-8-13(2)18(14(3)9-12)19-17(27-21(24)22(5,6)7)10-16(26-20(19)23)15(4)11-25-28/h8-9,15-16,28H,10-11H2,1-7H3. The zero-order valence-corrected chi connectivity index (χ0v) is 18.6. The van der Waals surface area contributed by atoms with E-state index in [9.17, 15) is 9.59 Å². The molecule has 0 N–H and O–H groups in total. The van der Waals surface area contributed by atoms with Crippen molar-refractivity contribution < 1.29 is 23.2 Å². The fraction of sp³-hybridized carbons (Fsp3) is 0.545. The number of rotatable bonds is 5. The number of carbonyl (C=O) groups is 2. The summed E-state index contributed by atoms with van der Waals surface area (Å²) in [5.41, 5.74) is 3.41. The van der Waals surface area contributed by atoms with Gasteiger partial charge in [-0.1, -0.05) is 24.6 Å². The summed E-state index contributed by atoms with van der Waals surface area (Å²) < 4.78 is 16.4. The molecule has 0 radical (unpaired) electrons. The summed E-state index contributed by atoms with van der Waals surface area (Å²) in [6, 6.07) is 4.02. The summed E-state index contributed by atoms with van der Waals surface area (Å²) in [7, 11) is 0. The fourth-order valence-electron chi connectivity index (χ4n) is 3.35. The van der Waals surface area contributed by atoms with Gasteiger partial charge in [-0.3, -0.25) is 4.79 Å². The highest BCUT2D eigenvalue weighted by molar-refractivity contribution is 7.75. The maximum Gasteiger partial charge on any atom is 0.342 e. The van der Waals surface area contributed by atoms with Crippen LogP contribution in [0, 0.1) is 32.1 Å². The second-order valence-electron chi connectivity index (χ2n) is 8.63. The van der Waals surface area contributed by atoms with Crippen molar-refractivity contribution in [1.82, 2.24) is 0 Å². The third-order valence-electron chi connectivity index (χ3n) is 4.86. The number of ether oxygens (including phenoxy) is 2. The van der Waals surface area contributed by atoms with Crippen molar-refractivity contribution in [1.29, 1.82) is 0 Å². The summed E-state index contributed by atoms with van der Waals surface area (Å²) in [5.74, 6) is -0.586. The van der Waals surface area contributed by atoms with Gasteiger partial charge < -0.3 is 13.7 Å². The molecule has 2 unspecified atom stereocenters. The number of carbonyl (C=O) groups excluding carboxylic acids is 2. The lowest BCUT2D eigenvalue weighted by Crippen LogP contribution is -2.35. The topological polar surface area (TPSA) is 61.8 Å². The average Bonchev–Trinajstić information content (AvgIpc) is 2.55. The first-order chi connectivity index (χ1) is 13.0. The zero-order valence-electron chi connectivity index (χ0n) is 17.7. The molecule has 0 aliphatic carbocycles. The van der Waals surface area contributed by atoms with E-state index in [1.54, 1.807) is 20.8 Å². The Kier molecular flexibility index (Phi) is 6.99. The molecular formula is C22H30O5S. The third kappa shape index (κ3) is 4.97. The number of thiol groups is 1. The maximum atomic E-state index is 13.0. The van der Waals surface area contributed by atoms with Gasteiger partial charge in [0.15, 0.2) is 0 Å². The Bertz CT molecular complexity index is 781. The molecule has 1 aliphatic heterocycles. The van der Waals surface area contributed by atoms with Crippen LogP contribution >= 0.6 is 12.9 Å². The lowest BCUT2D eigenvalue weighted by atomic mass is 9.88. The molecular weight excluding hydrogens is 376 g/mol. The molecule has 5 nitrogen and oxygen atoms in total. The summed E-state index contributed by atoms with van der Waals surface area (Å²) in [5, 5.41) is 0. The van der Waals surface area contributed by atoms with Gasteiger partial charge in [0.05, 0.1) is 12.0 Å². The van der Waals surface area contributed by atoms with Gasteiger partial charge in [0.25, 0.3) is 0 Å². The van der Waals surface area contributed by atoms with Gasteiger partial charge in [-0.15, -0.1) is 0 Å². The summed E-state index contributed by atoms with van der Waals surface area (Å²) in [6.45, 7) is 13.5. The number of esters is 2. The van der Waals surface area contributed by atoms with Gasteiger partial charge in [-0.05, 0) is 71.1 Å². The first-order valence-electron chi connectivity index (χ1n) is 9.46. The van der Waals surface area contributed by atoms with Gasteiger partial charge in [0.1, 0.15) is 17.4 Å². The lowest BCUT2D eigenvalue weighted by Gasteiger charge is -2.31. The van der Waals surface area contributed by atoms with Crippen molar-refractivity contribution in [3.05, 3.63) is 40.1 Å². The Labute approximate surface area is 173 Å². The van der Waals surface area contributed by atoms with E-state index in [-0.39, 0.29) is 11.9 Å². The van der Waals surface area contributed by atoms with E-state index >= 15 is 0 Å². The Morgan fingerprint density at radius 1 is 1.25 bits per heavy atom. The van der Waals surface area contributed by atoms with Crippen LogP contribution in [0.4, 0.5) is 0 Å². The molecule has 28 heavy (non-hydrogen) atoms. The van der Waals surface area contributed by atoms with Gasteiger partial charge >= 0.3 is 11.9 Å². The second-order valence-corrected chi connectivity index (χ2v) is 8.89. The molecule has 1 aromatic rings. The maximum absolute atomic E-state index is 13.0. The molecule has 0 fully saturated rings. The van der Waals surface area contributed by atoms with Crippen LogP contribution in [0.15, 0.2) is 17.9 Å². The molecule has 0 amide bonds. The van der Waals surface area contributed by atoms with E-state index in [1.165, 1.54) is 0 Å². The van der Waals surface area contributed by atoms with Crippen molar-refractivity contribution in [3.63, 3.8) is 0 Å². The largest absolute Gasteiger partial charge is 0.458 e. The minimum absolute atomic E-state index is 0.0912. The van der Waals surface area contributed by atoms with E-state index < -0.39 is 17.5 Å². The average molecular weight is 407 g/mol. The van der Waals surface area contributed by atoms with Crippen LogP contribution in [0.3, 0.4) is 0 Å². The quantitative estimate of drug-likeness (QED) is 0.435. The second kappa shape index (κ2) is 8.70. The third-order valence-corrected chi connectivity index (χ3v) is 5.00. The Hall–Kier alpha value is -1.79. The Morgan fingerprint density at radius 2 is 1.82 bits per heavy atom. The highest BCUT2D eigenvalue weighted by Crippen LogP contribution is 2.37. The van der Waals surface area contributed by atoms with Gasteiger partial charge in [-0.25, -0.2) is 4.79 Å². The first-order valence-corrected chi connectivity index (χ1v) is 9.83. The van der Waals surface area contributed by atoms with E-state index in [0.717, 1.165) is 22.3 Å². The molecule has 1 heterocycles. The zero-order chi connectivity index (χ0) is 21.2. The van der Waals surface area contributed by atoms with Crippen LogP contribution in [0.2, 0.25) is 0 Å². The van der Waals surface area contributed by atoms with E-state index in [4.69, 9.17) is 13.7 Å². The molecule has 1 aromatic carbocycles. The highest BCUT2D eigenvalue weighted by Gasteiger charge is 2.37. The molecule has 0 saturated carbocycles. The van der Waals surface area contributed by atoms with Crippen LogP contribution in [0.5, 0.6) is 0 Å².